The number of allylic oxidation sites excluding steroid dienone is 2. The number of unbranched alkanes of at least 4 members (excludes halogenated alkanes) is 1. The summed E-state index contributed by atoms with van der Waals surface area (Å²) in [5.74, 6) is 5.63. The molecule has 5 aliphatic rings. The Morgan fingerprint density at radius 1 is 0.895 bits per heavy atom. The molecule has 7 atom stereocenters. The van der Waals surface area contributed by atoms with Crippen molar-refractivity contribution in [3.63, 3.8) is 0 Å². The molecule has 0 saturated heterocycles. The van der Waals surface area contributed by atoms with Crippen LogP contribution in [0.15, 0.2) is 11.6 Å². The maximum absolute atomic E-state index is 13.2. The van der Waals surface area contributed by atoms with Crippen LogP contribution in [0.25, 0.3) is 0 Å². The quantitative estimate of drug-likeness (QED) is 0.164. The molecule has 0 aliphatic heterocycles. The molecular weight excluding hydrogens is 472 g/mol. The number of esters is 2. The van der Waals surface area contributed by atoms with E-state index in [1.807, 2.05) is 0 Å². The minimum Gasteiger partial charge on any atom is -0.465 e. The molecule has 4 bridgehead atoms. The van der Waals surface area contributed by atoms with Gasteiger partial charge in [-0.15, -0.1) is 0 Å². The van der Waals surface area contributed by atoms with Crippen molar-refractivity contribution in [1.29, 1.82) is 0 Å². The number of carbonyl (C=O) groups excluding carboxylic acids is 2. The molecule has 0 N–H and O–H groups in total. The first-order valence-corrected chi connectivity index (χ1v) is 16.0. The lowest BCUT2D eigenvalue weighted by Gasteiger charge is -2.38. The monoisotopic (exact) mass is 526 g/mol. The maximum atomic E-state index is 13.2. The molecule has 4 fully saturated rings. The average molecular weight is 527 g/mol. The molecule has 5 rings (SSSR count). The number of carbonyl (C=O) groups is 2. The van der Waals surface area contributed by atoms with E-state index in [0.717, 1.165) is 61.7 Å². The third-order valence-electron chi connectivity index (χ3n) is 12.2. The van der Waals surface area contributed by atoms with Gasteiger partial charge in [0.15, 0.2) is 0 Å². The molecule has 0 aromatic carbocycles. The Kier molecular flexibility index (Phi) is 8.11. The molecule has 0 radical (unpaired) electrons. The molecule has 7 unspecified atom stereocenters. The van der Waals surface area contributed by atoms with Crippen LogP contribution in [0.4, 0.5) is 0 Å². The third-order valence-corrected chi connectivity index (χ3v) is 12.2. The maximum Gasteiger partial charge on any atom is 0.309 e. The van der Waals surface area contributed by atoms with E-state index in [4.69, 9.17) is 9.47 Å². The molecule has 214 valence electrons. The van der Waals surface area contributed by atoms with E-state index in [1.165, 1.54) is 32.1 Å². The summed E-state index contributed by atoms with van der Waals surface area (Å²) < 4.78 is 11.7. The summed E-state index contributed by atoms with van der Waals surface area (Å²) in [6.45, 7) is 14.3. The molecule has 4 heteroatoms. The predicted octanol–water partition coefficient (Wildman–Crippen LogP) is 8.00. The van der Waals surface area contributed by atoms with Crippen LogP contribution >= 0.6 is 0 Å². The van der Waals surface area contributed by atoms with Crippen molar-refractivity contribution in [1.82, 2.24) is 0 Å². The lowest BCUT2D eigenvalue weighted by Crippen LogP contribution is -2.36. The van der Waals surface area contributed by atoms with Gasteiger partial charge in [-0.3, -0.25) is 9.59 Å². The van der Waals surface area contributed by atoms with Crippen LogP contribution < -0.4 is 0 Å². The lowest BCUT2D eigenvalue weighted by atomic mass is 9.67. The summed E-state index contributed by atoms with van der Waals surface area (Å²) in [7, 11) is 0. The van der Waals surface area contributed by atoms with Crippen molar-refractivity contribution in [3.05, 3.63) is 11.6 Å². The van der Waals surface area contributed by atoms with E-state index in [0.29, 0.717) is 37.4 Å². The van der Waals surface area contributed by atoms with Gasteiger partial charge >= 0.3 is 11.9 Å². The van der Waals surface area contributed by atoms with E-state index in [2.05, 4.69) is 47.6 Å². The summed E-state index contributed by atoms with van der Waals surface area (Å²) >= 11 is 0. The van der Waals surface area contributed by atoms with Crippen LogP contribution in [0.5, 0.6) is 0 Å². The van der Waals surface area contributed by atoms with Gasteiger partial charge in [0.2, 0.25) is 0 Å². The molecule has 38 heavy (non-hydrogen) atoms. The van der Waals surface area contributed by atoms with Crippen LogP contribution in [0.3, 0.4) is 0 Å². The van der Waals surface area contributed by atoms with E-state index in [1.54, 1.807) is 5.57 Å². The van der Waals surface area contributed by atoms with Crippen LogP contribution in [-0.2, 0) is 19.1 Å². The SMILES string of the molecule is CCCCC1=CC2CC1C1C3CC(C(=O)OCC4CCC(COC(=O)CC(C)(C)C(C)(C)C)CC4)C(C3)C21. The van der Waals surface area contributed by atoms with Gasteiger partial charge in [0.25, 0.3) is 0 Å². The molecule has 0 aromatic rings. The smallest absolute Gasteiger partial charge is 0.309 e. The highest BCUT2D eigenvalue weighted by molar-refractivity contribution is 5.73. The van der Waals surface area contributed by atoms with Gasteiger partial charge in [0.05, 0.1) is 25.6 Å². The zero-order valence-corrected chi connectivity index (χ0v) is 25.1. The van der Waals surface area contributed by atoms with Gasteiger partial charge in [0, 0.05) is 0 Å². The fourth-order valence-corrected chi connectivity index (χ4v) is 8.91. The second-order valence-corrected chi connectivity index (χ2v) is 15.5. The number of fused-ring (bicyclic) bond motifs is 9. The van der Waals surface area contributed by atoms with E-state index in [9.17, 15) is 9.59 Å². The number of ether oxygens (including phenoxy) is 2. The summed E-state index contributed by atoms with van der Waals surface area (Å²) in [6.07, 6.45) is 15.0. The van der Waals surface area contributed by atoms with Crippen molar-refractivity contribution >= 4 is 11.9 Å². The normalized spacial score (nSPS) is 37.7. The molecular formula is C34H54O4. The second-order valence-electron chi connectivity index (χ2n) is 15.5. The first-order chi connectivity index (χ1) is 18.0. The van der Waals surface area contributed by atoms with Crippen LogP contribution in [0, 0.1) is 64.1 Å². The summed E-state index contributed by atoms with van der Waals surface area (Å²) in [5.41, 5.74) is 1.74. The number of hydrogen-bond acceptors (Lipinski definition) is 4. The zero-order chi connectivity index (χ0) is 27.2. The van der Waals surface area contributed by atoms with Crippen molar-refractivity contribution in [2.75, 3.05) is 13.2 Å². The van der Waals surface area contributed by atoms with Crippen LogP contribution in [-0.4, -0.2) is 25.2 Å². The Balaban J connectivity index is 1.02. The fraction of sp³-hybridized carbons (Fsp3) is 0.882. The van der Waals surface area contributed by atoms with Crippen molar-refractivity contribution in [2.24, 2.45) is 64.1 Å². The summed E-state index contributed by atoms with van der Waals surface area (Å²) in [6, 6.07) is 0. The summed E-state index contributed by atoms with van der Waals surface area (Å²) in [4.78, 5) is 25.7. The Labute approximate surface area is 232 Å². The van der Waals surface area contributed by atoms with Crippen molar-refractivity contribution in [2.45, 2.75) is 112 Å². The Morgan fingerprint density at radius 3 is 2.18 bits per heavy atom. The minimum atomic E-state index is -0.0863. The van der Waals surface area contributed by atoms with Gasteiger partial charge in [-0.25, -0.2) is 0 Å². The number of hydrogen-bond donors (Lipinski definition) is 0. The first-order valence-electron chi connectivity index (χ1n) is 16.0. The largest absolute Gasteiger partial charge is 0.465 e. The van der Waals surface area contributed by atoms with E-state index >= 15 is 0 Å². The van der Waals surface area contributed by atoms with E-state index < -0.39 is 0 Å². The number of rotatable bonds is 10. The second kappa shape index (κ2) is 10.9. The third kappa shape index (κ3) is 5.49. The van der Waals surface area contributed by atoms with Crippen LogP contribution in [0.1, 0.15) is 112 Å². The Morgan fingerprint density at radius 2 is 1.55 bits per heavy atom. The molecule has 0 heterocycles. The molecule has 0 aromatic heterocycles. The average Bonchev–Trinajstić information content (AvgIpc) is 3.63. The van der Waals surface area contributed by atoms with Gasteiger partial charge < -0.3 is 9.47 Å². The topological polar surface area (TPSA) is 52.6 Å². The van der Waals surface area contributed by atoms with Gasteiger partial charge in [-0.05, 0) is 116 Å². The van der Waals surface area contributed by atoms with Crippen molar-refractivity contribution in [3.8, 4) is 0 Å². The first kappa shape index (κ1) is 28.2. The molecule has 0 spiro atoms. The molecule has 4 saturated carbocycles. The van der Waals surface area contributed by atoms with E-state index in [-0.39, 0.29) is 28.7 Å². The molecule has 4 nitrogen and oxygen atoms in total. The van der Waals surface area contributed by atoms with Gasteiger partial charge in [0.1, 0.15) is 0 Å². The standard InChI is InChI=1S/C34H54O4/c1-7-8-9-23-14-24-15-26(23)30-25-16-27(31(24)30)28(17-25)32(36)38-20-22-12-10-21(11-13-22)19-37-29(35)18-34(5,6)33(2,3)4/h14,21-22,24-28,30-31H,7-13,15-20H2,1-6H3. The van der Waals surface area contributed by atoms with Gasteiger partial charge in [-0.2, -0.15) is 0 Å². The molecule has 5 aliphatic carbocycles. The Hall–Kier alpha value is -1.32. The van der Waals surface area contributed by atoms with Gasteiger partial charge in [-0.1, -0.05) is 59.6 Å². The summed E-state index contributed by atoms with van der Waals surface area (Å²) in [5, 5.41) is 0. The minimum absolute atomic E-state index is 0.0623. The molecule has 0 amide bonds. The predicted molar refractivity (Wildman–Crippen MR) is 151 cm³/mol. The van der Waals surface area contributed by atoms with Crippen LogP contribution in [0.2, 0.25) is 0 Å². The fourth-order valence-electron chi connectivity index (χ4n) is 8.91. The lowest BCUT2D eigenvalue weighted by molar-refractivity contribution is -0.154. The highest BCUT2D eigenvalue weighted by Crippen LogP contribution is 2.68. The van der Waals surface area contributed by atoms with Crippen molar-refractivity contribution < 1.29 is 19.1 Å². The highest BCUT2D eigenvalue weighted by atomic mass is 16.5. The zero-order valence-electron chi connectivity index (χ0n) is 25.1. The highest BCUT2D eigenvalue weighted by Gasteiger charge is 2.63. The Bertz CT molecular complexity index is 902.